The minimum atomic E-state index is 0. The van der Waals surface area contributed by atoms with Crippen molar-refractivity contribution in [2.45, 2.75) is 19.9 Å². The maximum Gasteiger partial charge on any atom is 0.194 e. The number of nitrogens with zero attached hydrogens (tertiary/aromatic N) is 3. The lowest BCUT2D eigenvalue weighted by molar-refractivity contribution is 0.369. The highest BCUT2D eigenvalue weighted by atomic mass is 127. The molecule has 0 aliphatic carbocycles. The molecule has 0 saturated carbocycles. The zero-order valence-electron chi connectivity index (χ0n) is 18.2. The average Bonchev–Trinajstić information content (AvgIpc) is 3.11. The molecule has 2 rings (SSSR count). The molecular formula is C21H33IN4O3. The van der Waals surface area contributed by atoms with Gasteiger partial charge in [-0.25, -0.2) is 0 Å². The van der Waals surface area contributed by atoms with Gasteiger partial charge in [0.15, 0.2) is 5.96 Å². The molecule has 0 bridgehead atoms. The summed E-state index contributed by atoms with van der Waals surface area (Å²) in [5.41, 5.74) is 2.21. The number of halogens is 1. The molecule has 0 spiro atoms. The third kappa shape index (κ3) is 6.73. The number of hydrogen-bond acceptors (Lipinski definition) is 4. The van der Waals surface area contributed by atoms with Gasteiger partial charge < -0.3 is 29.0 Å². The monoisotopic (exact) mass is 516 g/mol. The van der Waals surface area contributed by atoms with E-state index in [9.17, 15) is 0 Å². The fourth-order valence-corrected chi connectivity index (χ4v) is 3.05. The Balaban J connectivity index is 0.00000420. The molecule has 0 saturated heterocycles. The van der Waals surface area contributed by atoms with Gasteiger partial charge in [0, 0.05) is 56.8 Å². The van der Waals surface area contributed by atoms with Crippen molar-refractivity contribution in [3.8, 4) is 17.2 Å². The van der Waals surface area contributed by atoms with Gasteiger partial charge in [-0.3, -0.25) is 4.99 Å². The lowest BCUT2D eigenvalue weighted by atomic mass is 10.1. The summed E-state index contributed by atoms with van der Waals surface area (Å²) in [5, 5.41) is 3.36. The number of methoxy groups -OCH3 is 3. The van der Waals surface area contributed by atoms with E-state index < -0.39 is 0 Å². The SMILES string of the molecule is CCNC(=NCCc1c(OC)cc(OC)cc1OC)N(C)Cc1cccn1C.I. The molecular weight excluding hydrogens is 483 g/mol. The van der Waals surface area contributed by atoms with Gasteiger partial charge in [0.25, 0.3) is 0 Å². The Morgan fingerprint density at radius 2 is 1.79 bits per heavy atom. The molecule has 0 aliphatic heterocycles. The van der Waals surface area contributed by atoms with E-state index in [1.807, 2.05) is 19.2 Å². The van der Waals surface area contributed by atoms with Crippen molar-refractivity contribution in [3.05, 3.63) is 41.7 Å². The van der Waals surface area contributed by atoms with Crippen LogP contribution in [0.15, 0.2) is 35.5 Å². The maximum absolute atomic E-state index is 5.53. The van der Waals surface area contributed by atoms with Crippen LogP contribution in [0.4, 0.5) is 0 Å². The van der Waals surface area contributed by atoms with Crippen molar-refractivity contribution in [1.29, 1.82) is 0 Å². The summed E-state index contributed by atoms with van der Waals surface area (Å²) in [7, 11) is 9.03. The van der Waals surface area contributed by atoms with Crippen LogP contribution < -0.4 is 19.5 Å². The van der Waals surface area contributed by atoms with Crippen molar-refractivity contribution in [2.75, 3.05) is 41.5 Å². The molecule has 0 radical (unpaired) electrons. The van der Waals surface area contributed by atoms with Crippen LogP contribution in [0, 0.1) is 0 Å². The van der Waals surface area contributed by atoms with E-state index in [0.29, 0.717) is 18.7 Å². The van der Waals surface area contributed by atoms with Crippen LogP contribution in [-0.2, 0) is 20.0 Å². The molecule has 7 nitrogen and oxygen atoms in total. The van der Waals surface area contributed by atoms with Crippen LogP contribution in [0.2, 0.25) is 0 Å². The third-order valence-electron chi connectivity index (χ3n) is 4.59. The highest BCUT2D eigenvalue weighted by molar-refractivity contribution is 14.0. The molecule has 0 amide bonds. The Hall–Kier alpha value is -2.10. The summed E-state index contributed by atoms with van der Waals surface area (Å²) in [6.45, 7) is 4.27. The topological polar surface area (TPSA) is 60.3 Å². The van der Waals surface area contributed by atoms with E-state index in [0.717, 1.165) is 36.1 Å². The molecule has 8 heteroatoms. The molecule has 0 fully saturated rings. The summed E-state index contributed by atoms with van der Waals surface area (Å²) in [4.78, 5) is 6.92. The van der Waals surface area contributed by atoms with E-state index in [1.165, 1.54) is 5.69 Å². The van der Waals surface area contributed by atoms with Crippen LogP contribution in [0.3, 0.4) is 0 Å². The second kappa shape index (κ2) is 12.5. The van der Waals surface area contributed by atoms with E-state index in [2.05, 4.69) is 47.1 Å². The third-order valence-corrected chi connectivity index (χ3v) is 4.59. The van der Waals surface area contributed by atoms with Crippen LogP contribution in [-0.4, -0.2) is 56.9 Å². The number of rotatable bonds is 9. The van der Waals surface area contributed by atoms with Crippen LogP contribution in [0.25, 0.3) is 0 Å². The Morgan fingerprint density at radius 1 is 1.14 bits per heavy atom. The quantitative estimate of drug-likeness (QED) is 0.315. The smallest absolute Gasteiger partial charge is 0.194 e. The highest BCUT2D eigenvalue weighted by Crippen LogP contribution is 2.34. The van der Waals surface area contributed by atoms with Gasteiger partial charge in [0.05, 0.1) is 27.9 Å². The second-order valence-electron chi connectivity index (χ2n) is 6.46. The van der Waals surface area contributed by atoms with Gasteiger partial charge in [-0.2, -0.15) is 0 Å². The predicted molar refractivity (Wildman–Crippen MR) is 128 cm³/mol. The fraction of sp³-hybridized carbons (Fsp3) is 0.476. The minimum absolute atomic E-state index is 0. The molecule has 0 aliphatic rings. The first kappa shape index (κ1) is 24.9. The van der Waals surface area contributed by atoms with Crippen molar-refractivity contribution in [1.82, 2.24) is 14.8 Å². The average molecular weight is 516 g/mol. The summed E-state index contributed by atoms with van der Waals surface area (Å²) in [6.07, 6.45) is 2.75. The van der Waals surface area contributed by atoms with Gasteiger partial charge in [-0.15, -0.1) is 24.0 Å². The molecule has 1 aromatic heterocycles. The zero-order chi connectivity index (χ0) is 20.5. The zero-order valence-corrected chi connectivity index (χ0v) is 20.5. The Labute approximate surface area is 191 Å². The first-order chi connectivity index (χ1) is 13.5. The lowest BCUT2D eigenvalue weighted by Crippen LogP contribution is -2.39. The minimum Gasteiger partial charge on any atom is -0.496 e. The van der Waals surface area contributed by atoms with E-state index in [-0.39, 0.29) is 24.0 Å². The van der Waals surface area contributed by atoms with Gasteiger partial charge in [0.2, 0.25) is 0 Å². The Kier molecular flexibility index (Phi) is 10.7. The Bertz CT molecular complexity index is 767. The van der Waals surface area contributed by atoms with Crippen LogP contribution in [0.1, 0.15) is 18.2 Å². The molecule has 0 atom stereocenters. The fourth-order valence-electron chi connectivity index (χ4n) is 3.05. The van der Waals surface area contributed by atoms with Crippen molar-refractivity contribution >= 4 is 29.9 Å². The first-order valence-corrected chi connectivity index (χ1v) is 9.42. The number of ether oxygens (including phenoxy) is 3. The number of hydrogen-bond donors (Lipinski definition) is 1. The number of nitrogens with one attached hydrogen (secondary N) is 1. The molecule has 2 aromatic rings. The predicted octanol–water partition coefficient (Wildman–Crippen LogP) is 3.31. The number of aromatic nitrogens is 1. The van der Waals surface area contributed by atoms with E-state index in [4.69, 9.17) is 19.2 Å². The van der Waals surface area contributed by atoms with Crippen molar-refractivity contribution in [3.63, 3.8) is 0 Å². The summed E-state index contributed by atoms with van der Waals surface area (Å²) < 4.78 is 18.5. The summed E-state index contributed by atoms with van der Waals surface area (Å²) in [5.74, 6) is 3.06. The molecule has 1 aromatic carbocycles. The molecule has 162 valence electrons. The largest absolute Gasteiger partial charge is 0.496 e. The van der Waals surface area contributed by atoms with Gasteiger partial charge in [-0.1, -0.05) is 0 Å². The van der Waals surface area contributed by atoms with Crippen LogP contribution >= 0.6 is 24.0 Å². The maximum atomic E-state index is 5.53. The van der Waals surface area contributed by atoms with Gasteiger partial charge in [0.1, 0.15) is 17.2 Å². The van der Waals surface area contributed by atoms with Crippen LogP contribution in [0.5, 0.6) is 17.2 Å². The number of aliphatic imine (C=N–C) groups is 1. The highest BCUT2D eigenvalue weighted by Gasteiger charge is 2.14. The van der Waals surface area contributed by atoms with E-state index >= 15 is 0 Å². The molecule has 29 heavy (non-hydrogen) atoms. The van der Waals surface area contributed by atoms with Gasteiger partial charge >= 0.3 is 0 Å². The molecule has 1 heterocycles. The normalized spacial score (nSPS) is 10.9. The number of aryl methyl sites for hydroxylation is 1. The van der Waals surface area contributed by atoms with Crippen molar-refractivity contribution in [2.24, 2.45) is 12.0 Å². The Morgan fingerprint density at radius 3 is 2.28 bits per heavy atom. The standard InChI is InChI=1S/C21H32N4O3.HI/c1-7-22-21(25(3)15-16-9-8-12-24(16)2)23-11-10-18-19(27-5)13-17(26-4)14-20(18)28-6;/h8-9,12-14H,7,10-11,15H2,1-6H3,(H,22,23);1H. The second-order valence-corrected chi connectivity index (χ2v) is 6.46. The van der Waals surface area contributed by atoms with E-state index in [1.54, 1.807) is 21.3 Å². The number of guanidine groups is 1. The first-order valence-electron chi connectivity index (χ1n) is 9.42. The number of benzene rings is 1. The van der Waals surface area contributed by atoms with Crippen molar-refractivity contribution < 1.29 is 14.2 Å². The molecule has 1 N–H and O–H groups in total. The summed E-state index contributed by atoms with van der Waals surface area (Å²) in [6, 6.07) is 7.91. The lowest BCUT2D eigenvalue weighted by Gasteiger charge is -2.22. The van der Waals surface area contributed by atoms with Gasteiger partial charge in [-0.05, 0) is 25.5 Å². The molecule has 0 unspecified atom stereocenters. The summed E-state index contributed by atoms with van der Waals surface area (Å²) >= 11 is 0.